The van der Waals surface area contributed by atoms with Gasteiger partial charge in [-0.05, 0) is 70.4 Å². The molecule has 1 saturated heterocycles. The van der Waals surface area contributed by atoms with Gasteiger partial charge >= 0.3 is 0 Å². The van der Waals surface area contributed by atoms with Crippen LogP contribution in [0.3, 0.4) is 0 Å². The van der Waals surface area contributed by atoms with E-state index in [2.05, 4.69) is 16.6 Å². The van der Waals surface area contributed by atoms with Crippen molar-refractivity contribution >= 4 is 15.9 Å². The number of pyridine rings is 1. The van der Waals surface area contributed by atoms with Crippen LogP contribution in [0.15, 0.2) is 12.3 Å². The van der Waals surface area contributed by atoms with Crippen molar-refractivity contribution in [3.63, 3.8) is 0 Å². The second kappa shape index (κ2) is 9.03. The minimum Gasteiger partial charge on any atom is -0.467 e. The number of hydrogen-bond acceptors (Lipinski definition) is 6. The molecule has 3 aliphatic heterocycles. The first-order valence-corrected chi connectivity index (χ1v) is 12.8. The summed E-state index contributed by atoms with van der Waals surface area (Å²) in [5.41, 5.74) is 2.24. The lowest BCUT2D eigenvalue weighted by Crippen LogP contribution is -2.51. The molecule has 1 aliphatic carbocycles. The number of sulfonamides is 1. The number of amides is 1. The number of nitrogens with one attached hydrogen (secondary N) is 1. The van der Waals surface area contributed by atoms with Crippen molar-refractivity contribution in [2.24, 2.45) is 0 Å². The highest BCUT2D eigenvalue weighted by Crippen LogP contribution is 2.39. The van der Waals surface area contributed by atoms with E-state index in [4.69, 9.17) is 9.47 Å². The van der Waals surface area contributed by atoms with E-state index >= 15 is 0 Å². The number of aryl methyl sites for hydroxylation is 1. The topological polar surface area (TPSA) is 97.8 Å². The van der Waals surface area contributed by atoms with Crippen LogP contribution in [-0.4, -0.2) is 67.4 Å². The van der Waals surface area contributed by atoms with Crippen molar-refractivity contribution in [1.82, 2.24) is 14.6 Å². The van der Waals surface area contributed by atoms with Crippen molar-refractivity contribution in [3.8, 4) is 5.88 Å². The van der Waals surface area contributed by atoms with Crippen LogP contribution in [0, 0.1) is 6.92 Å². The van der Waals surface area contributed by atoms with Crippen LogP contribution in [0.1, 0.15) is 63.0 Å². The van der Waals surface area contributed by atoms with Gasteiger partial charge in [0.1, 0.15) is 0 Å². The van der Waals surface area contributed by atoms with Gasteiger partial charge in [-0.25, -0.2) is 18.1 Å². The molecule has 2 atom stereocenters. The smallest absolute Gasteiger partial charge is 0.260 e. The molecule has 4 aliphatic rings. The second-order valence-corrected chi connectivity index (χ2v) is 11.5. The Morgan fingerprint density at radius 1 is 1.19 bits per heavy atom. The molecular formula is C22H33N3O5S. The molecule has 0 spiro atoms. The highest BCUT2D eigenvalue weighted by atomic mass is 32.2. The van der Waals surface area contributed by atoms with Gasteiger partial charge in [-0.15, -0.1) is 0 Å². The molecule has 2 fully saturated rings. The molecule has 1 N–H and O–H groups in total. The van der Waals surface area contributed by atoms with Crippen LogP contribution in [0.4, 0.5) is 0 Å². The Morgan fingerprint density at radius 2 is 1.94 bits per heavy atom. The predicted molar refractivity (Wildman–Crippen MR) is 117 cm³/mol. The summed E-state index contributed by atoms with van der Waals surface area (Å²) in [7, 11) is -3.45. The Hall–Kier alpha value is -1.71. The SMILES string of the molecule is Cc1ccnc2c1C1CCC(CC1)OCC1[C@@H](NS(=O)(=O)C(C)C)CCN1C(=O)CO2. The normalized spacial score (nSPS) is 29.5. The van der Waals surface area contributed by atoms with E-state index in [0.717, 1.165) is 36.8 Å². The maximum Gasteiger partial charge on any atom is 0.260 e. The van der Waals surface area contributed by atoms with Crippen LogP contribution in [-0.2, 0) is 19.6 Å². The lowest BCUT2D eigenvalue weighted by atomic mass is 9.81. The standard InChI is InChI=1S/C22H33N3O5S/c1-14(2)31(27,28)24-18-9-11-25-19(18)12-29-17-6-4-16(5-7-17)21-15(3)8-10-23-22(21)30-13-20(25)26/h8,10,14,16-19,24H,4-7,9,11-13H2,1-3H3/t16?,17?,18-,19?/m0/s1. The summed E-state index contributed by atoms with van der Waals surface area (Å²) in [6.45, 7) is 6.06. The van der Waals surface area contributed by atoms with Crippen molar-refractivity contribution < 1.29 is 22.7 Å². The number of nitrogens with zero attached hydrogens (tertiary/aromatic N) is 2. The molecule has 31 heavy (non-hydrogen) atoms. The fraction of sp³-hybridized carbons (Fsp3) is 0.727. The predicted octanol–water partition coefficient (Wildman–Crippen LogP) is 2.12. The summed E-state index contributed by atoms with van der Waals surface area (Å²) >= 11 is 0. The summed E-state index contributed by atoms with van der Waals surface area (Å²) in [6, 6.07) is 1.30. The molecule has 8 nitrogen and oxygen atoms in total. The highest BCUT2D eigenvalue weighted by molar-refractivity contribution is 7.90. The van der Waals surface area contributed by atoms with E-state index in [1.165, 1.54) is 0 Å². The average Bonchev–Trinajstić information content (AvgIpc) is 3.12. The molecular weight excluding hydrogens is 418 g/mol. The minimum atomic E-state index is -3.45. The Bertz CT molecular complexity index is 912. The summed E-state index contributed by atoms with van der Waals surface area (Å²) in [4.78, 5) is 19.2. The van der Waals surface area contributed by atoms with Gasteiger partial charge in [0.25, 0.3) is 5.91 Å². The van der Waals surface area contributed by atoms with E-state index in [1.807, 2.05) is 6.07 Å². The Kier molecular flexibility index (Phi) is 6.55. The highest BCUT2D eigenvalue weighted by Gasteiger charge is 2.41. The summed E-state index contributed by atoms with van der Waals surface area (Å²) < 4.78 is 39.9. The first kappa shape index (κ1) is 22.5. The third-order valence-corrected chi connectivity index (χ3v) is 8.76. The first-order valence-electron chi connectivity index (χ1n) is 11.3. The van der Waals surface area contributed by atoms with E-state index < -0.39 is 15.3 Å². The zero-order valence-electron chi connectivity index (χ0n) is 18.5. The third-order valence-electron chi connectivity index (χ3n) is 6.89. The second-order valence-electron chi connectivity index (χ2n) is 9.20. The summed E-state index contributed by atoms with van der Waals surface area (Å²) in [5, 5.41) is -0.530. The number of rotatable bonds is 3. The zero-order chi connectivity index (χ0) is 22.2. The van der Waals surface area contributed by atoms with Gasteiger partial charge in [0.2, 0.25) is 15.9 Å². The molecule has 0 aromatic carbocycles. The lowest BCUT2D eigenvalue weighted by Gasteiger charge is -2.32. The number of hydrogen-bond donors (Lipinski definition) is 1. The van der Waals surface area contributed by atoms with Crippen LogP contribution < -0.4 is 9.46 Å². The molecule has 5 rings (SSSR count). The van der Waals surface area contributed by atoms with Gasteiger partial charge in [-0.3, -0.25) is 4.79 Å². The monoisotopic (exact) mass is 451 g/mol. The number of ether oxygens (including phenoxy) is 2. The molecule has 1 aromatic heterocycles. The molecule has 1 amide bonds. The minimum absolute atomic E-state index is 0.111. The van der Waals surface area contributed by atoms with Gasteiger partial charge in [0.05, 0.1) is 24.0 Å². The van der Waals surface area contributed by atoms with Crippen LogP contribution >= 0.6 is 0 Å². The van der Waals surface area contributed by atoms with Crippen LogP contribution in [0.2, 0.25) is 0 Å². The van der Waals surface area contributed by atoms with Gasteiger partial charge in [0, 0.05) is 24.3 Å². The van der Waals surface area contributed by atoms with E-state index in [-0.39, 0.29) is 30.7 Å². The number of carbonyl (C=O) groups excluding carboxylic acids is 1. The van der Waals surface area contributed by atoms with Crippen LogP contribution in [0.25, 0.3) is 0 Å². The number of aromatic nitrogens is 1. The van der Waals surface area contributed by atoms with Crippen LogP contribution in [0.5, 0.6) is 5.88 Å². The first-order chi connectivity index (χ1) is 14.8. The van der Waals surface area contributed by atoms with E-state index in [9.17, 15) is 13.2 Å². The summed E-state index contributed by atoms with van der Waals surface area (Å²) in [6.07, 6.45) is 6.24. The Morgan fingerprint density at radius 3 is 2.65 bits per heavy atom. The molecule has 2 bridgehead atoms. The van der Waals surface area contributed by atoms with Crippen molar-refractivity contribution in [1.29, 1.82) is 0 Å². The van der Waals surface area contributed by atoms with E-state index in [0.29, 0.717) is 31.4 Å². The fourth-order valence-corrected chi connectivity index (χ4v) is 5.95. The molecule has 9 heteroatoms. The average molecular weight is 452 g/mol. The third kappa shape index (κ3) is 4.73. The van der Waals surface area contributed by atoms with Gasteiger partial charge in [0.15, 0.2) is 6.61 Å². The molecule has 4 heterocycles. The Balaban J connectivity index is 1.60. The van der Waals surface area contributed by atoms with Gasteiger partial charge < -0.3 is 14.4 Å². The maximum atomic E-state index is 13.1. The number of fused-ring (bicyclic) bond motifs is 5. The maximum absolute atomic E-state index is 13.1. The zero-order valence-corrected chi connectivity index (χ0v) is 19.4. The van der Waals surface area contributed by atoms with Gasteiger partial charge in [-0.2, -0.15) is 0 Å². The molecule has 1 saturated carbocycles. The fourth-order valence-electron chi connectivity index (χ4n) is 4.98. The van der Waals surface area contributed by atoms with E-state index in [1.54, 1.807) is 24.9 Å². The quantitative estimate of drug-likeness (QED) is 0.756. The summed E-state index contributed by atoms with van der Waals surface area (Å²) in [5.74, 6) is 0.732. The number of carbonyl (C=O) groups is 1. The largest absolute Gasteiger partial charge is 0.467 e. The van der Waals surface area contributed by atoms with Crippen molar-refractivity contribution in [2.45, 2.75) is 82.2 Å². The van der Waals surface area contributed by atoms with Crippen molar-refractivity contribution in [3.05, 3.63) is 23.4 Å². The molecule has 0 radical (unpaired) electrons. The Labute approximate surface area is 184 Å². The van der Waals surface area contributed by atoms with Gasteiger partial charge in [-0.1, -0.05) is 0 Å². The molecule has 1 unspecified atom stereocenters. The molecule has 1 aromatic rings. The molecule has 172 valence electrons. The lowest BCUT2D eigenvalue weighted by molar-refractivity contribution is -0.136. The van der Waals surface area contributed by atoms with Crippen molar-refractivity contribution in [2.75, 3.05) is 19.8 Å².